The van der Waals surface area contributed by atoms with Crippen LogP contribution in [0.2, 0.25) is 0 Å². The molecule has 2 saturated heterocycles. The van der Waals surface area contributed by atoms with E-state index in [2.05, 4.69) is 15.6 Å². The summed E-state index contributed by atoms with van der Waals surface area (Å²) in [6.45, 7) is 1.14. The Labute approximate surface area is 374 Å². The molecule has 2 fully saturated rings. The Morgan fingerprint density at radius 1 is 0.831 bits per heavy atom. The standard InChI is InChI=1S/C48H48N6O11/c1-52-37(55)18-17-35(45(52)61)54-44(60)34-10-7-11-36(39(34)46(54)62)65-25-6-5-12-38(56)53-23-20-32(21-24-53)50-42(58)29-15-13-28(14-16-29)33-19-22-49-40(41(33)57)43(59)51-48(47(63)64-2)26-30-8-3-4-9-31(30)27-48/h3-4,7-11,13-16,19,22,32,35,57H,5-6,12,17-18,20-21,23-27H2,1-2H3,(H,50,58)(H,51,59). The van der Waals surface area contributed by atoms with Gasteiger partial charge in [0.15, 0.2) is 11.4 Å². The number of fused-ring (bicyclic) bond motifs is 2. The molecule has 1 aromatic heterocycles. The quantitative estimate of drug-likeness (QED) is 0.0996. The maximum Gasteiger partial charge on any atom is 0.332 e. The van der Waals surface area contributed by atoms with Crippen molar-refractivity contribution in [2.75, 3.05) is 33.9 Å². The molecular weight excluding hydrogens is 837 g/mol. The predicted molar refractivity (Wildman–Crippen MR) is 232 cm³/mol. The van der Waals surface area contributed by atoms with Gasteiger partial charge in [-0.05, 0) is 79.1 Å². The van der Waals surface area contributed by atoms with Gasteiger partial charge >= 0.3 is 5.97 Å². The van der Waals surface area contributed by atoms with Crippen molar-refractivity contribution in [3.05, 3.63) is 113 Å². The Morgan fingerprint density at radius 2 is 1.54 bits per heavy atom. The highest BCUT2D eigenvalue weighted by Gasteiger charge is 2.48. The van der Waals surface area contributed by atoms with Crippen molar-refractivity contribution in [3.63, 3.8) is 0 Å². The lowest BCUT2D eigenvalue weighted by Gasteiger charge is -2.32. The summed E-state index contributed by atoms with van der Waals surface area (Å²) >= 11 is 0. The fraction of sp³-hybridized carbons (Fsp3) is 0.354. The number of hydrogen-bond acceptors (Lipinski definition) is 12. The van der Waals surface area contributed by atoms with Crippen LogP contribution >= 0.6 is 0 Å². The number of unbranched alkanes of at least 4 members (excludes halogenated alkanes) is 1. The summed E-state index contributed by atoms with van der Waals surface area (Å²) in [5.41, 5.74) is 1.67. The number of pyridine rings is 1. The summed E-state index contributed by atoms with van der Waals surface area (Å²) in [5.74, 6) is -4.02. The van der Waals surface area contributed by atoms with E-state index in [9.17, 15) is 43.5 Å². The number of benzene rings is 3. The van der Waals surface area contributed by atoms with Gasteiger partial charge in [-0.25, -0.2) is 9.78 Å². The first-order chi connectivity index (χ1) is 31.3. The number of carbonyl (C=O) groups is 8. The second-order valence-corrected chi connectivity index (χ2v) is 16.7. The number of nitrogens with one attached hydrogen (secondary N) is 2. The lowest BCUT2D eigenvalue weighted by atomic mass is 9.95. The lowest BCUT2D eigenvalue weighted by molar-refractivity contribution is -0.150. The zero-order valence-corrected chi connectivity index (χ0v) is 36.0. The van der Waals surface area contributed by atoms with Crippen molar-refractivity contribution < 1.29 is 52.9 Å². The van der Waals surface area contributed by atoms with E-state index in [4.69, 9.17) is 9.47 Å². The van der Waals surface area contributed by atoms with E-state index in [1.54, 1.807) is 47.4 Å². The Kier molecular flexibility index (Phi) is 12.5. The van der Waals surface area contributed by atoms with Crippen LogP contribution in [0.25, 0.3) is 11.1 Å². The predicted octanol–water partition coefficient (Wildman–Crippen LogP) is 3.61. The topological polar surface area (TPSA) is 222 Å². The van der Waals surface area contributed by atoms with Crippen molar-refractivity contribution in [3.8, 4) is 22.6 Å². The first-order valence-electron chi connectivity index (χ1n) is 21.6. The highest BCUT2D eigenvalue weighted by molar-refractivity contribution is 6.24. The van der Waals surface area contributed by atoms with E-state index in [0.717, 1.165) is 20.9 Å². The lowest BCUT2D eigenvalue weighted by Crippen LogP contribution is -2.56. The zero-order valence-electron chi connectivity index (χ0n) is 36.0. The molecule has 3 aliphatic heterocycles. The molecule has 0 bridgehead atoms. The number of nitrogens with zero attached hydrogens (tertiary/aromatic N) is 4. The average molecular weight is 885 g/mol. The first kappa shape index (κ1) is 44.2. The van der Waals surface area contributed by atoms with Crippen molar-refractivity contribution in [2.24, 2.45) is 0 Å². The maximum absolute atomic E-state index is 13.5. The Bertz CT molecular complexity index is 2580. The van der Waals surface area contributed by atoms with Crippen LogP contribution in [0.15, 0.2) is 79.0 Å². The van der Waals surface area contributed by atoms with Crippen molar-refractivity contribution in [1.29, 1.82) is 0 Å². The molecule has 0 saturated carbocycles. The number of piperidine rings is 2. The normalized spacial score (nSPS) is 18.0. The van der Waals surface area contributed by atoms with Gasteiger partial charge in [-0.1, -0.05) is 42.5 Å². The van der Waals surface area contributed by atoms with Gasteiger partial charge in [0.2, 0.25) is 11.8 Å². The third kappa shape index (κ3) is 8.65. The number of likely N-dealkylation sites (N-methyl/N-ethyl adjacent to an activating group) is 1. The van der Waals surface area contributed by atoms with Gasteiger partial charge in [0, 0.05) is 69.2 Å². The number of methoxy groups -OCH3 is 1. The van der Waals surface area contributed by atoms with Crippen LogP contribution in [0.4, 0.5) is 0 Å². The summed E-state index contributed by atoms with van der Waals surface area (Å²) in [6, 6.07) is 19.1. The number of ether oxygens (including phenoxy) is 2. The van der Waals surface area contributed by atoms with Gasteiger partial charge in [0.05, 0.1) is 24.8 Å². The third-order valence-electron chi connectivity index (χ3n) is 12.7. The molecular formula is C48H48N6O11. The molecule has 3 N–H and O–H groups in total. The van der Waals surface area contributed by atoms with Gasteiger partial charge in [0.25, 0.3) is 29.5 Å². The van der Waals surface area contributed by atoms with Crippen molar-refractivity contribution in [2.45, 2.75) is 75.4 Å². The van der Waals surface area contributed by atoms with Gasteiger partial charge in [0.1, 0.15) is 17.3 Å². The van der Waals surface area contributed by atoms with Crippen molar-refractivity contribution >= 4 is 47.3 Å². The molecule has 4 heterocycles. The second kappa shape index (κ2) is 18.3. The molecule has 17 nitrogen and oxygen atoms in total. The van der Waals surface area contributed by atoms with Crippen LogP contribution < -0.4 is 15.4 Å². The van der Waals surface area contributed by atoms with Crippen LogP contribution in [0.1, 0.15) is 97.6 Å². The van der Waals surface area contributed by atoms with Gasteiger partial charge in [-0.2, -0.15) is 0 Å². The summed E-state index contributed by atoms with van der Waals surface area (Å²) in [7, 11) is 2.60. The van der Waals surface area contributed by atoms with E-state index in [0.29, 0.717) is 55.5 Å². The number of hydrogen-bond donors (Lipinski definition) is 3. The summed E-state index contributed by atoms with van der Waals surface area (Å²) < 4.78 is 11.0. The number of imide groups is 2. The molecule has 4 aliphatic rings. The molecule has 0 radical (unpaired) electrons. The molecule has 1 aliphatic carbocycles. The van der Waals surface area contributed by atoms with E-state index in [1.165, 1.54) is 26.4 Å². The van der Waals surface area contributed by atoms with Gasteiger partial charge in [-0.3, -0.25) is 43.4 Å². The number of likely N-dealkylation sites (tertiary alicyclic amines) is 2. The van der Waals surface area contributed by atoms with Crippen LogP contribution in [0.5, 0.6) is 11.5 Å². The first-order valence-corrected chi connectivity index (χ1v) is 21.6. The smallest absolute Gasteiger partial charge is 0.332 e. The largest absolute Gasteiger partial charge is 0.505 e. The highest BCUT2D eigenvalue weighted by Crippen LogP contribution is 2.36. The summed E-state index contributed by atoms with van der Waals surface area (Å²) in [5, 5.41) is 17.1. The van der Waals surface area contributed by atoms with Crippen LogP contribution in [-0.2, 0) is 36.8 Å². The minimum atomic E-state index is -1.35. The Balaban J connectivity index is 0.782. The molecule has 4 aromatic rings. The number of rotatable bonds is 13. The van der Waals surface area contributed by atoms with Crippen molar-refractivity contribution in [1.82, 2.24) is 30.3 Å². The monoisotopic (exact) mass is 884 g/mol. The number of carbonyl (C=O) groups excluding carboxylic acids is 8. The third-order valence-corrected chi connectivity index (χ3v) is 12.7. The number of esters is 1. The number of aromatic nitrogens is 1. The zero-order chi connectivity index (χ0) is 46.0. The average Bonchev–Trinajstić information content (AvgIpc) is 3.82. The fourth-order valence-corrected chi connectivity index (χ4v) is 9.10. The molecule has 1 atom stereocenters. The van der Waals surface area contributed by atoms with Crippen LogP contribution in [-0.4, -0.2) is 124 Å². The molecule has 17 heteroatoms. The number of amides is 7. The van der Waals surface area contributed by atoms with Gasteiger partial charge < -0.3 is 30.1 Å². The molecule has 8 rings (SSSR count). The van der Waals surface area contributed by atoms with E-state index < -0.39 is 41.2 Å². The van der Waals surface area contributed by atoms with Crippen LogP contribution in [0.3, 0.4) is 0 Å². The summed E-state index contributed by atoms with van der Waals surface area (Å²) in [4.78, 5) is 112. The van der Waals surface area contributed by atoms with Gasteiger partial charge in [-0.15, -0.1) is 0 Å². The second-order valence-electron chi connectivity index (χ2n) is 16.7. The number of aromatic hydroxyl groups is 1. The molecule has 7 amide bonds. The molecule has 1 unspecified atom stereocenters. The van der Waals surface area contributed by atoms with E-state index in [-0.39, 0.29) is 90.8 Å². The minimum absolute atomic E-state index is 0.0185. The molecule has 336 valence electrons. The molecule has 3 aromatic carbocycles. The molecule has 65 heavy (non-hydrogen) atoms. The summed E-state index contributed by atoms with van der Waals surface area (Å²) in [6.07, 6.45) is 4.40. The Hall–Kier alpha value is -7.43. The van der Waals surface area contributed by atoms with E-state index in [1.807, 2.05) is 24.3 Å². The van der Waals surface area contributed by atoms with Crippen LogP contribution in [0, 0.1) is 0 Å². The van der Waals surface area contributed by atoms with E-state index >= 15 is 0 Å². The maximum atomic E-state index is 13.5. The Morgan fingerprint density at radius 3 is 2.23 bits per heavy atom. The SMILES string of the molecule is COC(=O)C1(NC(=O)c2nccc(-c3ccc(C(=O)NC4CCN(C(=O)CCCCOc5cccc6c5C(=O)N(C5CCC(=O)N(C)C5=O)C6=O)CC4)cc3)c2O)Cc2ccccc2C1. The molecule has 0 spiro atoms. The fourth-order valence-electron chi connectivity index (χ4n) is 9.10. The minimum Gasteiger partial charge on any atom is -0.505 e. The highest BCUT2D eigenvalue weighted by atomic mass is 16.5.